The Morgan fingerprint density at radius 1 is 1.57 bits per heavy atom. The monoisotopic (exact) mass is 333 g/mol. The summed E-state index contributed by atoms with van der Waals surface area (Å²) < 4.78 is 35.8. The number of alkyl halides is 2. The molecule has 0 aromatic carbocycles. The zero-order valence-electron chi connectivity index (χ0n) is 13.3. The SMILES string of the molecule is CC(C)(C)OC(=O)N[C@H]1CCn2nc(OCC(F)F)cc2[C@@H]1O. The average molecular weight is 333 g/mol. The van der Waals surface area contributed by atoms with Crippen molar-refractivity contribution < 1.29 is 28.2 Å². The van der Waals surface area contributed by atoms with Crippen LogP contribution in [0, 0.1) is 0 Å². The largest absolute Gasteiger partial charge is 0.471 e. The number of aliphatic hydroxyl groups excluding tert-OH is 1. The lowest BCUT2D eigenvalue weighted by Crippen LogP contribution is -2.45. The number of hydrogen-bond acceptors (Lipinski definition) is 5. The van der Waals surface area contributed by atoms with E-state index in [0.717, 1.165) is 0 Å². The van der Waals surface area contributed by atoms with Crippen LogP contribution in [-0.4, -0.2) is 45.7 Å². The van der Waals surface area contributed by atoms with Gasteiger partial charge in [-0.05, 0) is 27.2 Å². The van der Waals surface area contributed by atoms with E-state index in [1.54, 1.807) is 20.8 Å². The third-order valence-corrected chi connectivity index (χ3v) is 3.18. The number of rotatable bonds is 4. The van der Waals surface area contributed by atoms with Gasteiger partial charge in [-0.1, -0.05) is 0 Å². The number of nitrogens with one attached hydrogen (secondary N) is 1. The third-order valence-electron chi connectivity index (χ3n) is 3.18. The second-order valence-corrected chi connectivity index (χ2v) is 6.32. The third kappa shape index (κ3) is 4.78. The number of halogens is 2. The van der Waals surface area contributed by atoms with Crippen LogP contribution in [0.1, 0.15) is 39.0 Å². The van der Waals surface area contributed by atoms with Crippen molar-refractivity contribution >= 4 is 6.09 Å². The van der Waals surface area contributed by atoms with Crippen LogP contribution in [0.15, 0.2) is 6.07 Å². The molecule has 1 aliphatic rings. The molecule has 0 fully saturated rings. The van der Waals surface area contributed by atoms with Crippen LogP contribution < -0.4 is 10.1 Å². The molecule has 1 aromatic rings. The topological polar surface area (TPSA) is 85.6 Å². The summed E-state index contributed by atoms with van der Waals surface area (Å²) in [6, 6.07) is 0.854. The van der Waals surface area contributed by atoms with Gasteiger partial charge in [-0.15, -0.1) is 5.10 Å². The summed E-state index contributed by atoms with van der Waals surface area (Å²) in [5.41, 5.74) is -0.233. The number of alkyl carbamates (subject to hydrolysis) is 1. The van der Waals surface area contributed by atoms with Crippen LogP contribution in [0.3, 0.4) is 0 Å². The molecular formula is C14H21F2N3O4. The predicted molar refractivity (Wildman–Crippen MR) is 76.5 cm³/mol. The summed E-state index contributed by atoms with van der Waals surface area (Å²) in [5, 5.41) is 16.9. The fourth-order valence-corrected chi connectivity index (χ4v) is 2.28. The minimum absolute atomic E-state index is 0.0252. The number of carbonyl (C=O) groups excluding carboxylic acids is 1. The van der Waals surface area contributed by atoms with Crippen molar-refractivity contribution in [2.24, 2.45) is 0 Å². The fraction of sp³-hybridized carbons (Fsp3) is 0.714. The molecule has 1 aromatic heterocycles. The van der Waals surface area contributed by atoms with E-state index < -0.39 is 36.9 Å². The van der Waals surface area contributed by atoms with Crippen LogP contribution in [0.2, 0.25) is 0 Å². The summed E-state index contributed by atoms with van der Waals surface area (Å²) >= 11 is 0. The quantitative estimate of drug-likeness (QED) is 0.878. The first-order valence-corrected chi connectivity index (χ1v) is 7.32. The minimum Gasteiger partial charge on any atom is -0.471 e. The molecule has 0 unspecified atom stereocenters. The smallest absolute Gasteiger partial charge is 0.407 e. The molecule has 2 atom stereocenters. The van der Waals surface area contributed by atoms with Gasteiger partial charge >= 0.3 is 6.09 Å². The number of ether oxygens (including phenoxy) is 2. The van der Waals surface area contributed by atoms with E-state index >= 15 is 0 Å². The summed E-state index contributed by atoms with van der Waals surface area (Å²) in [5.74, 6) is 0.0252. The van der Waals surface area contributed by atoms with Gasteiger partial charge in [0.1, 0.15) is 11.7 Å². The van der Waals surface area contributed by atoms with E-state index in [0.29, 0.717) is 18.7 Å². The number of aromatic nitrogens is 2. The molecule has 0 bridgehead atoms. The van der Waals surface area contributed by atoms with Gasteiger partial charge in [0.2, 0.25) is 5.88 Å². The van der Waals surface area contributed by atoms with E-state index in [-0.39, 0.29) is 5.88 Å². The molecule has 0 saturated carbocycles. The Kier molecular flexibility index (Phi) is 5.08. The van der Waals surface area contributed by atoms with E-state index in [2.05, 4.69) is 10.4 Å². The lowest BCUT2D eigenvalue weighted by molar-refractivity contribution is 0.0367. The van der Waals surface area contributed by atoms with Gasteiger partial charge < -0.3 is 19.9 Å². The van der Waals surface area contributed by atoms with Crippen LogP contribution in [0.4, 0.5) is 13.6 Å². The lowest BCUT2D eigenvalue weighted by atomic mass is 10.0. The normalized spacial score (nSPS) is 21.0. The number of aryl methyl sites for hydroxylation is 1. The molecule has 9 heteroatoms. The number of aliphatic hydroxyl groups is 1. The molecule has 7 nitrogen and oxygen atoms in total. The molecule has 2 rings (SSSR count). The van der Waals surface area contributed by atoms with Crippen molar-refractivity contribution in [2.75, 3.05) is 6.61 Å². The predicted octanol–water partition coefficient (Wildman–Crippen LogP) is 1.86. The number of hydrogen-bond donors (Lipinski definition) is 2. The highest BCUT2D eigenvalue weighted by atomic mass is 19.3. The maximum atomic E-state index is 12.2. The number of fused-ring (bicyclic) bond motifs is 1. The van der Waals surface area contributed by atoms with Crippen LogP contribution in [-0.2, 0) is 11.3 Å². The molecular weight excluding hydrogens is 312 g/mol. The Hall–Kier alpha value is -1.90. The van der Waals surface area contributed by atoms with Gasteiger partial charge in [0, 0.05) is 12.6 Å². The van der Waals surface area contributed by atoms with Gasteiger partial charge in [-0.3, -0.25) is 4.68 Å². The molecule has 130 valence electrons. The molecule has 23 heavy (non-hydrogen) atoms. The Morgan fingerprint density at radius 2 is 2.26 bits per heavy atom. The summed E-state index contributed by atoms with van der Waals surface area (Å²) in [7, 11) is 0. The zero-order chi connectivity index (χ0) is 17.2. The fourth-order valence-electron chi connectivity index (χ4n) is 2.28. The number of carbonyl (C=O) groups is 1. The molecule has 2 N–H and O–H groups in total. The van der Waals surface area contributed by atoms with Crippen LogP contribution in [0.25, 0.3) is 0 Å². The van der Waals surface area contributed by atoms with Crippen molar-refractivity contribution in [3.63, 3.8) is 0 Å². The number of amides is 1. The maximum Gasteiger partial charge on any atom is 0.407 e. The molecule has 0 saturated heterocycles. The summed E-state index contributed by atoms with van der Waals surface area (Å²) in [4.78, 5) is 11.8. The first-order valence-electron chi connectivity index (χ1n) is 7.32. The van der Waals surface area contributed by atoms with Gasteiger partial charge in [0.05, 0.1) is 11.7 Å². The van der Waals surface area contributed by atoms with Crippen LogP contribution in [0.5, 0.6) is 5.88 Å². The van der Waals surface area contributed by atoms with Crippen molar-refractivity contribution in [1.29, 1.82) is 0 Å². The second-order valence-electron chi connectivity index (χ2n) is 6.32. The molecule has 0 radical (unpaired) electrons. The van der Waals surface area contributed by atoms with Crippen molar-refractivity contribution in [2.45, 2.75) is 57.9 Å². The molecule has 2 heterocycles. The molecule has 1 amide bonds. The van der Waals surface area contributed by atoms with E-state index in [4.69, 9.17) is 9.47 Å². The van der Waals surface area contributed by atoms with Gasteiger partial charge in [0.25, 0.3) is 6.43 Å². The van der Waals surface area contributed by atoms with Crippen molar-refractivity contribution in [3.8, 4) is 5.88 Å². The van der Waals surface area contributed by atoms with E-state index in [1.165, 1.54) is 10.7 Å². The highest BCUT2D eigenvalue weighted by Gasteiger charge is 2.32. The van der Waals surface area contributed by atoms with Gasteiger partial charge in [0.15, 0.2) is 6.61 Å². The number of nitrogens with zero attached hydrogens (tertiary/aromatic N) is 2. The lowest BCUT2D eigenvalue weighted by Gasteiger charge is -2.30. The van der Waals surface area contributed by atoms with Crippen LogP contribution >= 0.6 is 0 Å². The van der Waals surface area contributed by atoms with Gasteiger partial charge in [-0.25, -0.2) is 13.6 Å². The maximum absolute atomic E-state index is 12.2. The second kappa shape index (κ2) is 6.69. The van der Waals surface area contributed by atoms with Crippen molar-refractivity contribution in [1.82, 2.24) is 15.1 Å². The Morgan fingerprint density at radius 3 is 2.87 bits per heavy atom. The standard InChI is InChI=1S/C14H21F2N3O4/c1-14(2,3)23-13(21)17-8-4-5-19-9(12(8)20)6-11(18-19)22-7-10(15)16/h6,8,10,12,20H,4-5,7H2,1-3H3,(H,17,21)/t8-,12+/m0/s1. The molecule has 1 aliphatic heterocycles. The molecule has 0 aliphatic carbocycles. The Labute approximate surface area is 132 Å². The Balaban J connectivity index is 2.00. The summed E-state index contributed by atoms with van der Waals surface area (Å²) in [6.45, 7) is 4.89. The highest BCUT2D eigenvalue weighted by Crippen LogP contribution is 2.28. The average Bonchev–Trinajstić information content (AvgIpc) is 2.81. The van der Waals surface area contributed by atoms with Crippen molar-refractivity contribution in [3.05, 3.63) is 11.8 Å². The first kappa shape index (κ1) is 17.5. The van der Waals surface area contributed by atoms with Gasteiger partial charge in [-0.2, -0.15) is 0 Å². The zero-order valence-corrected chi connectivity index (χ0v) is 13.3. The highest BCUT2D eigenvalue weighted by molar-refractivity contribution is 5.68. The first-order chi connectivity index (χ1) is 10.7. The Bertz CT molecular complexity index is 557. The summed E-state index contributed by atoms with van der Waals surface area (Å²) in [6.07, 6.45) is -3.81. The molecule has 0 spiro atoms. The van der Waals surface area contributed by atoms with E-state index in [1.807, 2.05) is 0 Å². The van der Waals surface area contributed by atoms with E-state index in [9.17, 15) is 18.7 Å². The minimum atomic E-state index is -2.60.